The molecule has 1 atom stereocenters. The Morgan fingerprint density at radius 3 is 2.25 bits per heavy atom. The van der Waals surface area contributed by atoms with Crippen LogP contribution in [-0.2, 0) is 4.79 Å². The summed E-state index contributed by atoms with van der Waals surface area (Å²) in [5, 5.41) is 1.72. The molecule has 0 aliphatic heterocycles. The first-order valence-corrected chi connectivity index (χ1v) is 5.50. The van der Waals surface area contributed by atoms with Crippen molar-refractivity contribution in [3.8, 4) is 0 Å². The normalized spacial score (nSPS) is 12.8. The highest BCUT2D eigenvalue weighted by Crippen LogP contribution is 2.21. The quantitative estimate of drug-likeness (QED) is 0.820. The van der Waals surface area contributed by atoms with Crippen molar-refractivity contribution in [3.63, 3.8) is 0 Å². The molecule has 0 heterocycles. The Labute approximate surface area is 119 Å². The van der Waals surface area contributed by atoms with Crippen molar-refractivity contribution in [2.45, 2.75) is 25.3 Å². The van der Waals surface area contributed by atoms with Crippen LogP contribution in [-0.4, -0.2) is 24.8 Å². The van der Waals surface area contributed by atoms with Crippen LogP contribution in [0.5, 0.6) is 0 Å². The molecule has 0 aromatic heterocycles. The number of nitrogens with one attached hydrogen (secondary N) is 1. The average molecular weight is 315 g/mol. The highest BCUT2D eigenvalue weighted by atomic mass is 35.5. The summed E-state index contributed by atoms with van der Waals surface area (Å²) in [6.07, 6.45) is -3.83. The molecule has 1 aromatic carbocycles. The molecule has 1 aromatic rings. The van der Waals surface area contributed by atoms with E-state index in [4.69, 9.17) is 5.73 Å². The van der Waals surface area contributed by atoms with Crippen LogP contribution in [0.25, 0.3) is 0 Å². The van der Waals surface area contributed by atoms with Crippen molar-refractivity contribution in [1.82, 2.24) is 5.32 Å². The summed E-state index contributed by atoms with van der Waals surface area (Å²) >= 11 is 0. The second kappa shape index (κ2) is 7.44. The lowest BCUT2D eigenvalue weighted by Gasteiger charge is -2.18. The molecule has 0 radical (unpaired) electrons. The fraction of sp³-hybridized carbons (Fsp3) is 0.417. The van der Waals surface area contributed by atoms with Gasteiger partial charge in [-0.25, -0.2) is 8.78 Å². The number of nitrogens with two attached hydrogens (primary N) is 1. The summed E-state index contributed by atoms with van der Waals surface area (Å²) in [6.45, 7) is 0.391. The Bertz CT molecular complexity index is 440. The van der Waals surface area contributed by atoms with E-state index in [-0.39, 0.29) is 12.4 Å². The summed E-state index contributed by atoms with van der Waals surface area (Å²) < 4.78 is 49.0. The lowest BCUT2D eigenvalue weighted by Crippen LogP contribution is -2.44. The second-order valence-corrected chi connectivity index (χ2v) is 4.17. The summed E-state index contributed by atoms with van der Waals surface area (Å²) in [7, 11) is 0. The maximum atomic E-state index is 12.6. The Morgan fingerprint density at radius 1 is 1.30 bits per heavy atom. The van der Waals surface area contributed by atoms with Gasteiger partial charge in [0.1, 0.15) is 6.04 Å². The van der Waals surface area contributed by atoms with Gasteiger partial charge in [-0.2, -0.15) is 8.78 Å². The molecule has 8 heteroatoms. The summed E-state index contributed by atoms with van der Waals surface area (Å²) in [6, 6.07) is 5.39. The SMILES string of the molecule is Cc1ccc(C(N)C(=O)NCC(F)(F)C(F)F)cc1.Cl. The molecular weight excluding hydrogens is 300 g/mol. The molecule has 0 aliphatic carbocycles. The van der Waals surface area contributed by atoms with Crippen LogP contribution in [0.2, 0.25) is 0 Å². The van der Waals surface area contributed by atoms with Gasteiger partial charge in [0.15, 0.2) is 0 Å². The number of hydrogen-bond donors (Lipinski definition) is 2. The lowest BCUT2D eigenvalue weighted by atomic mass is 10.1. The maximum absolute atomic E-state index is 12.6. The van der Waals surface area contributed by atoms with E-state index in [1.165, 1.54) is 0 Å². The standard InChI is InChI=1S/C12H14F4N2O.ClH/c1-7-2-4-8(5-3-7)9(17)10(19)18-6-12(15,16)11(13)14;/h2-5,9,11H,6,17H2,1H3,(H,18,19);1H. The van der Waals surface area contributed by atoms with E-state index in [2.05, 4.69) is 0 Å². The number of alkyl halides is 4. The van der Waals surface area contributed by atoms with Gasteiger partial charge in [0.05, 0.1) is 6.54 Å². The number of carbonyl (C=O) groups is 1. The first-order valence-electron chi connectivity index (χ1n) is 5.50. The van der Waals surface area contributed by atoms with Gasteiger partial charge in [0.2, 0.25) is 5.91 Å². The van der Waals surface area contributed by atoms with Crippen molar-refractivity contribution in [2.24, 2.45) is 5.73 Å². The summed E-state index contributed by atoms with van der Waals surface area (Å²) in [4.78, 5) is 11.5. The molecule has 3 N–H and O–H groups in total. The highest BCUT2D eigenvalue weighted by Gasteiger charge is 2.41. The van der Waals surface area contributed by atoms with E-state index in [1.807, 2.05) is 6.92 Å². The number of hydrogen-bond acceptors (Lipinski definition) is 2. The lowest BCUT2D eigenvalue weighted by molar-refractivity contribution is -0.137. The van der Waals surface area contributed by atoms with Crippen molar-refractivity contribution < 1.29 is 22.4 Å². The molecule has 0 spiro atoms. The Hall–Kier alpha value is -1.34. The molecule has 3 nitrogen and oxygen atoms in total. The van der Waals surface area contributed by atoms with Gasteiger partial charge in [0.25, 0.3) is 0 Å². The van der Waals surface area contributed by atoms with Crippen molar-refractivity contribution in [3.05, 3.63) is 35.4 Å². The molecule has 1 rings (SSSR count). The van der Waals surface area contributed by atoms with Gasteiger partial charge >= 0.3 is 12.3 Å². The smallest absolute Gasteiger partial charge is 0.324 e. The molecule has 0 bridgehead atoms. The summed E-state index contributed by atoms with van der Waals surface area (Å²) in [5.74, 6) is -5.19. The number of rotatable bonds is 5. The molecule has 0 saturated heterocycles. The Balaban J connectivity index is 0.00000361. The fourth-order valence-electron chi connectivity index (χ4n) is 1.32. The van der Waals surface area contributed by atoms with Crippen LogP contribution in [0.15, 0.2) is 24.3 Å². The van der Waals surface area contributed by atoms with Gasteiger partial charge in [-0.15, -0.1) is 12.4 Å². The predicted molar refractivity (Wildman–Crippen MR) is 69.3 cm³/mol. The fourth-order valence-corrected chi connectivity index (χ4v) is 1.32. The minimum atomic E-state index is -4.26. The van der Waals surface area contributed by atoms with Crippen LogP contribution >= 0.6 is 12.4 Å². The molecular formula is C12H15ClF4N2O. The minimum Gasteiger partial charge on any atom is -0.348 e. The number of carbonyl (C=O) groups excluding carboxylic acids is 1. The van der Waals surface area contributed by atoms with Gasteiger partial charge < -0.3 is 11.1 Å². The Kier molecular flexibility index (Phi) is 6.95. The zero-order valence-electron chi connectivity index (χ0n) is 10.6. The monoisotopic (exact) mass is 314 g/mol. The molecule has 1 amide bonds. The van der Waals surface area contributed by atoms with Crippen LogP contribution in [0.4, 0.5) is 17.6 Å². The number of aryl methyl sites for hydroxylation is 1. The molecule has 0 fully saturated rings. The van der Waals surface area contributed by atoms with Gasteiger partial charge in [-0.3, -0.25) is 4.79 Å². The van der Waals surface area contributed by atoms with E-state index < -0.39 is 30.8 Å². The van der Waals surface area contributed by atoms with E-state index in [0.29, 0.717) is 5.56 Å². The average Bonchev–Trinajstić information content (AvgIpc) is 2.36. The predicted octanol–water partition coefficient (Wildman–Crippen LogP) is 2.43. The van der Waals surface area contributed by atoms with Crippen molar-refractivity contribution in [2.75, 3.05) is 6.54 Å². The summed E-state index contributed by atoms with van der Waals surface area (Å²) in [5.41, 5.74) is 6.91. The molecule has 1 unspecified atom stereocenters. The van der Waals surface area contributed by atoms with Gasteiger partial charge in [-0.1, -0.05) is 29.8 Å². The third kappa shape index (κ3) is 4.97. The van der Waals surface area contributed by atoms with E-state index in [0.717, 1.165) is 5.56 Å². The minimum absolute atomic E-state index is 0. The largest absolute Gasteiger partial charge is 0.348 e. The topological polar surface area (TPSA) is 55.1 Å². The Morgan fingerprint density at radius 2 is 1.80 bits per heavy atom. The first-order chi connectivity index (χ1) is 8.74. The zero-order valence-corrected chi connectivity index (χ0v) is 11.4. The van der Waals surface area contributed by atoms with E-state index in [1.54, 1.807) is 29.6 Å². The van der Waals surface area contributed by atoms with Crippen LogP contribution in [0.3, 0.4) is 0 Å². The molecule has 20 heavy (non-hydrogen) atoms. The van der Waals surface area contributed by atoms with Gasteiger partial charge in [-0.05, 0) is 12.5 Å². The van der Waals surface area contributed by atoms with Crippen LogP contribution in [0.1, 0.15) is 17.2 Å². The molecule has 0 aliphatic rings. The molecule has 114 valence electrons. The zero-order chi connectivity index (χ0) is 14.6. The third-order valence-corrected chi connectivity index (χ3v) is 2.54. The first kappa shape index (κ1) is 18.7. The highest BCUT2D eigenvalue weighted by molar-refractivity contribution is 5.85. The number of amides is 1. The van der Waals surface area contributed by atoms with Gasteiger partial charge in [0, 0.05) is 0 Å². The van der Waals surface area contributed by atoms with Crippen LogP contribution < -0.4 is 11.1 Å². The molecule has 0 saturated carbocycles. The third-order valence-electron chi connectivity index (χ3n) is 2.54. The second-order valence-electron chi connectivity index (χ2n) is 4.17. The van der Waals surface area contributed by atoms with Crippen molar-refractivity contribution >= 4 is 18.3 Å². The maximum Gasteiger partial charge on any atom is 0.324 e. The van der Waals surface area contributed by atoms with E-state index in [9.17, 15) is 22.4 Å². The van der Waals surface area contributed by atoms with Crippen molar-refractivity contribution in [1.29, 1.82) is 0 Å². The number of benzene rings is 1. The number of halogens is 5. The van der Waals surface area contributed by atoms with E-state index >= 15 is 0 Å². The van der Waals surface area contributed by atoms with Crippen LogP contribution in [0, 0.1) is 6.92 Å².